The Kier molecular flexibility index (Phi) is 8.63. The molecule has 0 radical (unpaired) electrons. The van der Waals surface area contributed by atoms with E-state index in [1.807, 2.05) is 0 Å². The molecule has 0 aromatic carbocycles. The lowest BCUT2D eigenvalue weighted by atomic mass is 10.0. The Morgan fingerprint density at radius 3 is 2.58 bits per heavy atom. The van der Waals surface area contributed by atoms with Gasteiger partial charge in [0.1, 0.15) is 0 Å². The molecule has 1 aliphatic rings. The number of aliphatic hydroxyl groups is 1. The molecule has 3 N–H and O–H groups in total. The van der Waals surface area contributed by atoms with E-state index in [-0.39, 0.29) is 6.61 Å². The summed E-state index contributed by atoms with van der Waals surface area (Å²) in [6, 6.07) is 0.597. The highest BCUT2D eigenvalue weighted by molar-refractivity contribution is 5.80. The summed E-state index contributed by atoms with van der Waals surface area (Å²) in [6.45, 7) is 6.28. The van der Waals surface area contributed by atoms with Crippen molar-refractivity contribution in [2.45, 2.75) is 64.8 Å². The molecule has 1 fully saturated rings. The van der Waals surface area contributed by atoms with E-state index in [4.69, 9.17) is 10.1 Å². The van der Waals surface area contributed by atoms with E-state index in [1.165, 1.54) is 25.7 Å². The van der Waals surface area contributed by atoms with Crippen LogP contribution in [0.5, 0.6) is 0 Å². The molecule has 0 aromatic rings. The zero-order chi connectivity index (χ0) is 13.9. The van der Waals surface area contributed by atoms with Crippen molar-refractivity contribution in [3.8, 4) is 0 Å². The molecule has 1 atom stereocenters. The van der Waals surface area contributed by atoms with Gasteiger partial charge in [0.2, 0.25) is 0 Å². The van der Waals surface area contributed by atoms with Crippen LogP contribution < -0.4 is 10.6 Å². The van der Waals surface area contributed by atoms with Crippen LogP contribution in [-0.4, -0.2) is 36.8 Å². The fourth-order valence-electron chi connectivity index (χ4n) is 2.72. The van der Waals surface area contributed by atoms with Crippen molar-refractivity contribution in [2.24, 2.45) is 10.9 Å². The van der Waals surface area contributed by atoms with Crippen LogP contribution in [0.2, 0.25) is 0 Å². The molecular weight excluding hydrogens is 238 g/mol. The average molecular weight is 269 g/mol. The minimum absolute atomic E-state index is 0.271. The monoisotopic (exact) mass is 269 g/mol. The quantitative estimate of drug-likeness (QED) is 0.468. The van der Waals surface area contributed by atoms with E-state index >= 15 is 0 Å². The van der Waals surface area contributed by atoms with Gasteiger partial charge in [0.25, 0.3) is 0 Å². The lowest BCUT2D eigenvalue weighted by Gasteiger charge is -2.18. The van der Waals surface area contributed by atoms with Crippen LogP contribution in [0.1, 0.15) is 58.8 Å². The third kappa shape index (κ3) is 6.81. The summed E-state index contributed by atoms with van der Waals surface area (Å²) in [5, 5.41) is 15.9. The normalized spacial score (nSPS) is 18.6. The minimum Gasteiger partial charge on any atom is -0.396 e. The Labute approximate surface area is 118 Å². The maximum atomic E-state index is 9.08. The van der Waals surface area contributed by atoms with Gasteiger partial charge in [-0.1, -0.05) is 26.2 Å². The highest BCUT2D eigenvalue weighted by Gasteiger charge is 2.16. The number of guanidine groups is 1. The molecule has 112 valence electrons. The van der Waals surface area contributed by atoms with Gasteiger partial charge in [-0.25, -0.2) is 0 Å². The second-order valence-electron chi connectivity index (χ2n) is 5.51. The Balaban J connectivity index is 2.44. The fourth-order valence-corrected chi connectivity index (χ4v) is 2.72. The first-order valence-corrected chi connectivity index (χ1v) is 7.95. The second-order valence-corrected chi connectivity index (χ2v) is 5.51. The van der Waals surface area contributed by atoms with Gasteiger partial charge in [0.15, 0.2) is 5.96 Å². The van der Waals surface area contributed by atoms with Crippen molar-refractivity contribution in [2.75, 3.05) is 19.7 Å². The summed E-state index contributed by atoms with van der Waals surface area (Å²) in [5.74, 6) is 1.46. The van der Waals surface area contributed by atoms with Gasteiger partial charge < -0.3 is 15.7 Å². The summed E-state index contributed by atoms with van der Waals surface area (Å²) in [7, 11) is 0. The van der Waals surface area contributed by atoms with Crippen molar-refractivity contribution in [1.82, 2.24) is 10.6 Å². The number of rotatable bonds is 8. The van der Waals surface area contributed by atoms with E-state index < -0.39 is 0 Å². The van der Waals surface area contributed by atoms with Crippen molar-refractivity contribution in [1.29, 1.82) is 0 Å². The van der Waals surface area contributed by atoms with Crippen molar-refractivity contribution >= 4 is 5.96 Å². The molecule has 0 aromatic heterocycles. The molecule has 1 aliphatic carbocycles. The first-order valence-electron chi connectivity index (χ1n) is 7.95. The van der Waals surface area contributed by atoms with Crippen LogP contribution >= 0.6 is 0 Å². The molecule has 1 unspecified atom stereocenters. The highest BCUT2D eigenvalue weighted by Crippen LogP contribution is 2.17. The summed E-state index contributed by atoms with van der Waals surface area (Å²) in [5.41, 5.74) is 0. The van der Waals surface area contributed by atoms with Crippen molar-refractivity contribution in [3.63, 3.8) is 0 Å². The predicted octanol–water partition coefficient (Wildman–Crippen LogP) is 2.28. The van der Waals surface area contributed by atoms with Gasteiger partial charge in [-0.05, 0) is 38.5 Å². The predicted molar refractivity (Wildman–Crippen MR) is 81.5 cm³/mol. The van der Waals surface area contributed by atoms with Gasteiger partial charge in [-0.15, -0.1) is 0 Å². The Bertz CT molecular complexity index is 244. The molecule has 1 rings (SSSR count). The number of hydrogen-bond donors (Lipinski definition) is 3. The summed E-state index contributed by atoms with van der Waals surface area (Å²) in [6.07, 6.45) is 8.36. The molecule has 0 saturated heterocycles. The minimum atomic E-state index is 0.271. The van der Waals surface area contributed by atoms with E-state index in [0.717, 1.165) is 38.3 Å². The van der Waals surface area contributed by atoms with Crippen LogP contribution in [0.15, 0.2) is 4.99 Å². The van der Waals surface area contributed by atoms with E-state index in [9.17, 15) is 0 Å². The van der Waals surface area contributed by atoms with Crippen molar-refractivity contribution in [3.05, 3.63) is 0 Å². The van der Waals surface area contributed by atoms with Crippen LogP contribution in [0, 0.1) is 5.92 Å². The zero-order valence-corrected chi connectivity index (χ0v) is 12.6. The summed E-state index contributed by atoms with van der Waals surface area (Å²) < 4.78 is 0. The van der Waals surface area contributed by atoms with Gasteiger partial charge in [0, 0.05) is 25.7 Å². The number of aliphatic hydroxyl groups excluding tert-OH is 1. The largest absolute Gasteiger partial charge is 0.396 e. The Hall–Kier alpha value is -0.770. The maximum absolute atomic E-state index is 9.08. The molecular formula is C15H31N3O. The van der Waals surface area contributed by atoms with Gasteiger partial charge in [0.05, 0.1) is 0 Å². The SMILES string of the molecule is CCCC(CCO)CN=C(NCC)NC1CCCC1. The number of aliphatic imine (C=N–C) groups is 1. The van der Waals surface area contributed by atoms with Gasteiger partial charge in [-0.3, -0.25) is 4.99 Å². The lowest BCUT2D eigenvalue weighted by Crippen LogP contribution is -2.42. The number of nitrogens with zero attached hydrogens (tertiary/aromatic N) is 1. The molecule has 19 heavy (non-hydrogen) atoms. The number of nitrogens with one attached hydrogen (secondary N) is 2. The van der Waals surface area contributed by atoms with E-state index in [1.54, 1.807) is 0 Å². The summed E-state index contributed by atoms with van der Waals surface area (Å²) in [4.78, 5) is 4.70. The zero-order valence-electron chi connectivity index (χ0n) is 12.6. The first-order chi connectivity index (χ1) is 9.30. The van der Waals surface area contributed by atoms with Crippen molar-refractivity contribution < 1.29 is 5.11 Å². The fraction of sp³-hybridized carbons (Fsp3) is 0.933. The smallest absolute Gasteiger partial charge is 0.191 e. The lowest BCUT2D eigenvalue weighted by molar-refractivity contribution is 0.253. The maximum Gasteiger partial charge on any atom is 0.191 e. The molecule has 0 bridgehead atoms. The molecule has 0 amide bonds. The van der Waals surface area contributed by atoms with Gasteiger partial charge in [-0.2, -0.15) is 0 Å². The Morgan fingerprint density at radius 2 is 2.00 bits per heavy atom. The van der Waals surface area contributed by atoms with Crippen LogP contribution in [0.4, 0.5) is 0 Å². The van der Waals surface area contributed by atoms with E-state index in [2.05, 4.69) is 24.5 Å². The van der Waals surface area contributed by atoms with Gasteiger partial charge >= 0.3 is 0 Å². The van der Waals surface area contributed by atoms with Crippen LogP contribution in [-0.2, 0) is 0 Å². The molecule has 0 heterocycles. The Morgan fingerprint density at radius 1 is 1.26 bits per heavy atom. The third-order valence-corrected chi connectivity index (χ3v) is 3.78. The standard InChI is InChI=1S/C15H31N3O/c1-3-7-13(10-11-19)12-17-15(16-4-2)18-14-8-5-6-9-14/h13-14,19H,3-12H2,1-2H3,(H2,16,17,18). The third-order valence-electron chi connectivity index (χ3n) is 3.78. The van der Waals surface area contributed by atoms with E-state index in [0.29, 0.717) is 12.0 Å². The molecule has 0 aliphatic heterocycles. The molecule has 4 heteroatoms. The second kappa shape index (κ2) is 10.1. The molecule has 4 nitrogen and oxygen atoms in total. The molecule has 1 saturated carbocycles. The van der Waals surface area contributed by atoms with Crippen LogP contribution in [0.3, 0.4) is 0 Å². The highest BCUT2D eigenvalue weighted by atomic mass is 16.3. The first kappa shape index (κ1) is 16.3. The average Bonchev–Trinajstić information content (AvgIpc) is 2.89. The molecule has 0 spiro atoms. The summed E-state index contributed by atoms with van der Waals surface area (Å²) >= 11 is 0. The number of hydrogen-bond acceptors (Lipinski definition) is 2. The topological polar surface area (TPSA) is 56.7 Å². The van der Waals surface area contributed by atoms with Crippen LogP contribution in [0.25, 0.3) is 0 Å².